The lowest BCUT2D eigenvalue weighted by Gasteiger charge is -2.04. The molecule has 0 saturated heterocycles. The second kappa shape index (κ2) is 6.51. The summed E-state index contributed by atoms with van der Waals surface area (Å²) >= 11 is 1.41. The van der Waals surface area contributed by atoms with E-state index in [1.165, 1.54) is 30.0 Å². The molecule has 1 aromatic carbocycles. The summed E-state index contributed by atoms with van der Waals surface area (Å²) < 4.78 is 37.9. The van der Waals surface area contributed by atoms with Gasteiger partial charge in [0.2, 0.25) is 5.82 Å². The zero-order chi connectivity index (χ0) is 17.2. The molecule has 1 amide bonds. The maximum atomic E-state index is 12.6. The number of nitrogens with zero attached hydrogens (tertiary/aromatic N) is 3. The van der Waals surface area contributed by atoms with Crippen LogP contribution in [0.15, 0.2) is 29.4 Å². The van der Waals surface area contributed by atoms with Gasteiger partial charge in [-0.3, -0.25) is 4.79 Å². The molecule has 0 radical (unpaired) electrons. The second-order valence-corrected chi connectivity index (χ2v) is 5.84. The standard InChI is InChI=1S/C13H11F3N6OS/c14-13(15,16)12-19-8-2-1-7(5-9(8)20-12)11(23)17-3-4-24-10-6-18-22-21-10/h1-2,5-6H,3-4H2,(H,17,23)(H,19,20)(H,18,21,22). The fraction of sp³-hybridized carbons (Fsp3) is 0.231. The molecule has 3 aromatic rings. The molecule has 2 heterocycles. The van der Waals surface area contributed by atoms with Crippen LogP contribution in [-0.4, -0.2) is 43.6 Å². The molecule has 24 heavy (non-hydrogen) atoms. The minimum atomic E-state index is -4.56. The van der Waals surface area contributed by atoms with E-state index < -0.39 is 12.0 Å². The van der Waals surface area contributed by atoms with Crippen molar-refractivity contribution in [3.8, 4) is 0 Å². The number of carbonyl (C=O) groups is 1. The molecule has 126 valence electrons. The highest BCUT2D eigenvalue weighted by Crippen LogP contribution is 2.28. The minimum Gasteiger partial charge on any atom is -0.351 e. The summed E-state index contributed by atoms with van der Waals surface area (Å²) in [5, 5.41) is 13.4. The first-order chi connectivity index (χ1) is 11.4. The number of thioether (sulfide) groups is 1. The summed E-state index contributed by atoms with van der Waals surface area (Å²) in [5.74, 6) is -0.872. The van der Waals surface area contributed by atoms with Crippen LogP contribution >= 0.6 is 11.8 Å². The van der Waals surface area contributed by atoms with Gasteiger partial charge in [0.05, 0.1) is 17.2 Å². The first kappa shape index (κ1) is 16.3. The van der Waals surface area contributed by atoms with Gasteiger partial charge in [-0.15, -0.1) is 16.9 Å². The van der Waals surface area contributed by atoms with Crippen LogP contribution in [0.5, 0.6) is 0 Å². The molecule has 0 aliphatic rings. The van der Waals surface area contributed by atoms with Gasteiger partial charge >= 0.3 is 6.18 Å². The summed E-state index contributed by atoms with van der Waals surface area (Å²) in [5.41, 5.74) is 0.568. The van der Waals surface area contributed by atoms with E-state index in [0.29, 0.717) is 17.3 Å². The molecule has 0 aliphatic carbocycles. The number of nitrogens with one attached hydrogen (secondary N) is 3. The van der Waals surface area contributed by atoms with Gasteiger partial charge in [-0.05, 0) is 18.2 Å². The number of rotatable bonds is 5. The lowest BCUT2D eigenvalue weighted by Crippen LogP contribution is -2.25. The van der Waals surface area contributed by atoms with Gasteiger partial charge in [-0.1, -0.05) is 0 Å². The van der Waals surface area contributed by atoms with Crippen molar-refractivity contribution in [1.82, 2.24) is 30.7 Å². The maximum Gasteiger partial charge on any atom is 0.449 e. The quantitative estimate of drug-likeness (QED) is 0.481. The number of alkyl halides is 3. The third kappa shape index (κ3) is 3.67. The van der Waals surface area contributed by atoms with E-state index in [2.05, 4.69) is 30.7 Å². The third-order valence-corrected chi connectivity index (χ3v) is 3.94. The van der Waals surface area contributed by atoms with E-state index in [0.717, 1.165) is 0 Å². The molecule has 2 aromatic heterocycles. The van der Waals surface area contributed by atoms with Crippen LogP contribution in [0.1, 0.15) is 16.2 Å². The number of hydrogen-bond acceptors (Lipinski definition) is 5. The van der Waals surface area contributed by atoms with Crippen LogP contribution < -0.4 is 5.32 Å². The van der Waals surface area contributed by atoms with Crippen molar-refractivity contribution in [3.63, 3.8) is 0 Å². The van der Waals surface area contributed by atoms with Crippen LogP contribution in [0.2, 0.25) is 0 Å². The van der Waals surface area contributed by atoms with Crippen LogP contribution in [-0.2, 0) is 6.18 Å². The average Bonchev–Trinajstić information content (AvgIpc) is 3.19. The van der Waals surface area contributed by atoms with E-state index in [1.54, 1.807) is 6.20 Å². The van der Waals surface area contributed by atoms with Gasteiger partial charge in [0.1, 0.15) is 5.03 Å². The fourth-order valence-corrected chi connectivity index (χ4v) is 2.61. The zero-order valence-corrected chi connectivity index (χ0v) is 12.8. The topological polar surface area (TPSA) is 99.3 Å². The SMILES string of the molecule is O=C(NCCSc1cn[nH]n1)c1ccc2nc(C(F)(F)F)[nH]c2c1. The number of imidazole rings is 1. The summed E-state index contributed by atoms with van der Waals surface area (Å²) in [6.45, 7) is 0.380. The van der Waals surface area contributed by atoms with E-state index in [9.17, 15) is 18.0 Å². The Labute approximate surface area is 137 Å². The van der Waals surface area contributed by atoms with Gasteiger partial charge < -0.3 is 10.3 Å². The van der Waals surface area contributed by atoms with E-state index >= 15 is 0 Å². The lowest BCUT2D eigenvalue weighted by molar-refractivity contribution is -0.144. The Morgan fingerprint density at radius 2 is 2.17 bits per heavy atom. The van der Waals surface area contributed by atoms with Crippen LogP contribution in [0, 0.1) is 0 Å². The number of aromatic nitrogens is 5. The Hall–Kier alpha value is -2.56. The van der Waals surface area contributed by atoms with Gasteiger partial charge in [0.15, 0.2) is 0 Å². The van der Waals surface area contributed by atoms with E-state index in [1.807, 2.05) is 0 Å². The molecule has 0 unspecified atom stereocenters. The Balaban J connectivity index is 1.62. The van der Waals surface area contributed by atoms with Crippen molar-refractivity contribution in [2.45, 2.75) is 11.2 Å². The highest BCUT2D eigenvalue weighted by Gasteiger charge is 2.34. The molecule has 0 aliphatic heterocycles. The first-order valence-corrected chi connectivity index (χ1v) is 7.76. The molecular formula is C13H11F3N6OS. The smallest absolute Gasteiger partial charge is 0.351 e. The number of fused-ring (bicyclic) bond motifs is 1. The van der Waals surface area contributed by atoms with Crippen LogP contribution in [0.3, 0.4) is 0 Å². The molecule has 7 nitrogen and oxygen atoms in total. The van der Waals surface area contributed by atoms with Gasteiger partial charge in [0, 0.05) is 17.9 Å². The predicted molar refractivity (Wildman–Crippen MR) is 80.5 cm³/mol. The fourth-order valence-electron chi connectivity index (χ4n) is 1.97. The Morgan fingerprint density at radius 1 is 1.33 bits per heavy atom. The first-order valence-electron chi connectivity index (χ1n) is 6.77. The molecule has 0 bridgehead atoms. The summed E-state index contributed by atoms with van der Waals surface area (Å²) in [7, 11) is 0. The van der Waals surface area contributed by atoms with Crippen molar-refractivity contribution < 1.29 is 18.0 Å². The van der Waals surface area contributed by atoms with Gasteiger partial charge in [-0.2, -0.15) is 23.5 Å². The normalized spacial score (nSPS) is 11.8. The molecule has 0 atom stereocenters. The Bertz CT molecular complexity index is 845. The monoisotopic (exact) mass is 356 g/mol. The van der Waals surface area contributed by atoms with Crippen molar-refractivity contribution >= 4 is 28.7 Å². The lowest BCUT2D eigenvalue weighted by atomic mass is 10.2. The molecular weight excluding hydrogens is 345 g/mol. The number of amides is 1. The van der Waals surface area contributed by atoms with E-state index in [-0.39, 0.29) is 22.5 Å². The molecule has 0 fully saturated rings. The summed E-state index contributed by atoms with van der Waals surface area (Å²) in [6, 6.07) is 4.15. The second-order valence-electron chi connectivity index (χ2n) is 4.73. The number of halogens is 3. The maximum absolute atomic E-state index is 12.6. The van der Waals surface area contributed by atoms with Crippen molar-refractivity contribution in [2.24, 2.45) is 0 Å². The number of benzene rings is 1. The number of H-pyrrole nitrogens is 2. The zero-order valence-electron chi connectivity index (χ0n) is 12.0. The van der Waals surface area contributed by atoms with Crippen molar-refractivity contribution in [2.75, 3.05) is 12.3 Å². The molecule has 0 spiro atoms. The van der Waals surface area contributed by atoms with Gasteiger partial charge in [0.25, 0.3) is 5.91 Å². The number of hydrogen-bond donors (Lipinski definition) is 3. The Kier molecular flexibility index (Phi) is 4.42. The Morgan fingerprint density at radius 3 is 2.88 bits per heavy atom. The molecule has 11 heteroatoms. The molecule has 3 rings (SSSR count). The minimum absolute atomic E-state index is 0.153. The number of aromatic amines is 2. The third-order valence-electron chi connectivity index (χ3n) is 3.04. The average molecular weight is 356 g/mol. The number of carbonyl (C=O) groups excluding carboxylic acids is 1. The van der Waals surface area contributed by atoms with E-state index in [4.69, 9.17) is 0 Å². The van der Waals surface area contributed by atoms with Crippen molar-refractivity contribution in [1.29, 1.82) is 0 Å². The molecule has 3 N–H and O–H groups in total. The molecule has 0 saturated carbocycles. The largest absolute Gasteiger partial charge is 0.449 e. The van der Waals surface area contributed by atoms with Crippen LogP contribution in [0.4, 0.5) is 13.2 Å². The summed E-state index contributed by atoms with van der Waals surface area (Å²) in [4.78, 5) is 17.7. The van der Waals surface area contributed by atoms with Crippen molar-refractivity contribution in [3.05, 3.63) is 35.8 Å². The summed E-state index contributed by atoms with van der Waals surface area (Å²) in [6.07, 6.45) is -2.99. The predicted octanol–water partition coefficient (Wildman–Crippen LogP) is 2.22. The highest BCUT2D eigenvalue weighted by molar-refractivity contribution is 7.99. The highest BCUT2D eigenvalue weighted by atomic mass is 32.2. The van der Waals surface area contributed by atoms with Gasteiger partial charge in [-0.25, -0.2) is 4.98 Å². The van der Waals surface area contributed by atoms with Crippen LogP contribution in [0.25, 0.3) is 11.0 Å².